The van der Waals surface area contributed by atoms with Crippen LogP contribution in [0.1, 0.15) is 43.0 Å². The normalized spacial score (nSPS) is 12.0. The van der Waals surface area contributed by atoms with Crippen molar-refractivity contribution in [2.75, 3.05) is 13.1 Å². The molecule has 4 aromatic rings. The van der Waals surface area contributed by atoms with Crippen molar-refractivity contribution >= 4 is 22.8 Å². The number of hydrogen-bond donors (Lipinski definition) is 1. The Kier molecular flexibility index (Phi) is 8.84. The van der Waals surface area contributed by atoms with Crippen molar-refractivity contribution in [2.24, 2.45) is 5.92 Å². The first-order chi connectivity index (χ1) is 18.3. The van der Waals surface area contributed by atoms with E-state index in [2.05, 4.69) is 29.5 Å². The summed E-state index contributed by atoms with van der Waals surface area (Å²) in [7, 11) is 0. The maximum Gasteiger partial charge on any atom is 0.247 e. The second-order valence-electron chi connectivity index (χ2n) is 9.93. The molecule has 8 heteroatoms. The van der Waals surface area contributed by atoms with E-state index < -0.39 is 11.9 Å². The largest absolute Gasteiger partial charge is 0.354 e. The maximum atomic E-state index is 13.9. The Morgan fingerprint density at radius 2 is 1.71 bits per heavy atom. The van der Waals surface area contributed by atoms with Crippen LogP contribution in [-0.2, 0) is 22.6 Å². The van der Waals surface area contributed by atoms with Crippen molar-refractivity contribution < 1.29 is 14.0 Å². The van der Waals surface area contributed by atoms with Crippen LogP contribution in [0.3, 0.4) is 0 Å². The Labute approximate surface area is 222 Å². The lowest BCUT2D eigenvalue weighted by molar-refractivity contribution is -0.141. The third-order valence-corrected chi connectivity index (χ3v) is 6.68. The Balaban J connectivity index is 1.68. The molecule has 4 rings (SSSR count). The molecule has 1 heterocycles. The van der Waals surface area contributed by atoms with Gasteiger partial charge < -0.3 is 10.2 Å². The highest BCUT2D eigenvalue weighted by Gasteiger charge is 2.32. The van der Waals surface area contributed by atoms with Gasteiger partial charge in [0, 0.05) is 13.1 Å². The SMILES string of the molecule is Cc1ccccc1CCN(C(=O)Cn1nnc2ccccc21)[C@@H](C(=O)NCCC(C)C)c1ccc(F)cc1. The van der Waals surface area contributed by atoms with Crippen molar-refractivity contribution in [1.29, 1.82) is 0 Å². The van der Waals surface area contributed by atoms with Crippen molar-refractivity contribution in [3.8, 4) is 0 Å². The van der Waals surface area contributed by atoms with Gasteiger partial charge in [-0.2, -0.15) is 0 Å². The van der Waals surface area contributed by atoms with E-state index in [1.165, 1.54) is 12.1 Å². The zero-order valence-corrected chi connectivity index (χ0v) is 22.1. The van der Waals surface area contributed by atoms with Crippen molar-refractivity contribution in [2.45, 2.75) is 46.2 Å². The van der Waals surface area contributed by atoms with Gasteiger partial charge in [-0.25, -0.2) is 9.07 Å². The third-order valence-electron chi connectivity index (χ3n) is 6.68. The zero-order valence-electron chi connectivity index (χ0n) is 22.1. The second-order valence-corrected chi connectivity index (χ2v) is 9.93. The molecule has 0 fully saturated rings. The Hall–Kier alpha value is -4.07. The number of amides is 2. The molecule has 7 nitrogen and oxygen atoms in total. The summed E-state index contributed by atoms with van der Waals surface area (Å²) in [6.45, 7) is 6.91. The van der Waals surface area contributed by atoms with Crippen LogP contribution in [0, 0.1) is 18.7 Å². The monoisotopic (exact) mass is 515 g/mol. The molecule has 198 valence electrons. The van der Waals surface area contributed by atoms with E-state index in [9.17, 15) is 14.0 Å². The quantitative estimate of drug-likeness (QED) is 0.310. The number of para-hydroxylation sites is 1. The van der Waals surface area contributed by atoms with E-state index in [-0.39, 0.29) is 18.4 Å². The highest BCUT2D eigenvalue weighted by molar-refractivity contribution is 5.89. The first kappa shape index (κ1) is 27.0. The topological polar surface area (TPSA) is 80.1 Å². The molecule has 1 atom stereocenters. The van der Waals surface area contributed by atoms with E-state index in [1.54, 1.807) is 21.7 Å². The minimum absolute atomic E-state index is 0.0781. The molecule has 0 aliphatic carbocycles. The van der Waals surface area contributed by atoms with Crippen LogP contribution in [0.15, 0.2) is 72.8 Å². The molecule has 0 unspecified atom stereocenters. The lowest BCUT2D eigenvalue weighted by atomic mass is 10.0. The molecule has 0 saturated heterocycles. The summed E-state index contributed by atoms with van der Waals surface area (Å²) in [5.74, 6) is -0.556. The fourth-order valence-electron chi connectivity index (χ4n) is 4.48. The fraction of sp³-hybridized carbons (Fsp3) is 0.333. The minimum atomic E-state index is -0.922. The molecule has 2 amide bonds. The number of rotatable bonds is 11. The standard InChI is InChI=1S/C30H34FN5O2/c1-21(2)16-18-32-30(38)29(24-12-14-25(31)15-13-24)35(19-17-23-9-5-4-8-22(23)3)28(37)20-36-27-11-7-6-10-26(27)33-34-36/h4-15,21,29H,16-20H2,1-3H3,(H,32,38)/t29-/m1/s1. The number of carbonyl (C=O) groups excluding carboxylic acids is 2. The summed E-state index contributed by atoms with van der Waals surface area (Å²) >= 11 is 0. The molecule has 1 N–H and O–H groups in total. The number of halogens is 1. The molecular formula is C30H34FN5O2. The highest BCUT2D eigenvalue weighted by atomic mass is 19.1. The molecule has 3 aromatic carbocycles. The molecule has 0 aliphatic heterocycles. The van der Waals surface area contributed by atoms with Crippen LogP contribution in [0.2, 0.25) is 0 Å². The molecule has 0 radical (unpaired) electrons. The molecular weight excluding hydrogens is 481 g/mol. The number of aryl methyl sites for hydroxylation is 1. The van der Waals surface area contributed by atoms with Gasteiger partial charge in [-0.3, -0.25) is 9.59 Å². The maximum absolute atomic E-state index is 13.9. The van der Waals surface area contributed by atoms with E-state index in [1.807, 2.05) is 55.5 Å². The fourth-order valence-corrected chi connectivity index (χ4v) is 4.48. The Morgan fingerprint density at radius 1 is 1.00 bits per heavy atom. The number of hydrogen-bond acceptors (Lipinski definition) is 4. The third kappa shape index (κ3) is 6.62. The Bertz CT molecular complexity index is 1380. The van der Waals surface area contributed by atoms with Crippen molar-refractivity contribution in [3.63, 3.8) is 0 Å². The Morgan fingerprint density at radius 3 is 2.45 bits per heavy atom. The number of carbonyl (C=O) groups is 2. The van der Waals surface area contributed by atoms with Gasteiger partial charge >= 0.3 is 0 Å². The summed E-state index contributed by atoms with van der Waals surface area (Å²) in [6, 6.07) is 20.3. The summed E-state index contributed by atoms with van der Waals surface area (Å²) in [5.41, 5.74) is 4.18. The van der Waals surface area contributed by atoms with E-state index in [0.29, 0.717) is 36.5 Å². The summed E-state index contributed by atoms with van der Waals surface area (Å²) in [5, 5.41) is 11.3. The summed E-state index contributed by atoms with van der Waals surface area (Å²) in [4.78, 5) is 29.1. The van der Waals surface area contributed by atoms with Gasteiger partial charge in [0.05, 0.1) is 5.52 Å². The summed E-state index contributed by atoms with van der Waals surface area (Å²) in [6.07, 6.45) is 1.37. The van der Waals surface area contributed by atoms with Crippen LogP contribution in [0.4, 0.5) is 4.39 Å². The summed E-state index contributed by atoms with van der Waals surface area (Å²) < 4.78 is 15.4. The van der Waals surface area contributed by atoms with Crippen LogP contribution >= 0.6 is 0 Å². The number of fused-ring (bicyclic) bond motifs is 1. The minimum Gasteiger partial charge on any atom is -0.354 e. The molecule has 38 heavy (non-hydrogen) atoms. The van der Waals surface area contributed by atoms with Gasteiger partial charge in [0.15, 0.2) is 0 Å². The average Bonchev–Trinajstić information content (AvgIpc) is 3.30. The zero-order chi connectivity index (χ0) is 27.1. The van der Waals surface area contributed by atoms with Crippen molar-refractivity contribution in [1.82, 2.24) is 25.2 Å². The number of benzene rings is 3. The van der Waals surface area contributed by atoms with Gasteiger partial charge in [-0.1, -0.05) is 67.6 Å². The molecule has 0 spiro atoms. The van der Waals surface area contributed by atoms with E-state index in [0.717, 1.165) is 23.1 Å². The number of nitrogens with one attached hydrogen (secondary N) is 1. The molecule has 1 aromatic heterocycles. The van der Waals surface area contributed by atoms with Crippen LogP contribution in [-0.4, -0.2) is 44.8 Å². The van der Waals surface area contributed by atoms with Crippen molar-refractivity contribution in [3.05, 3.63) is 95.3 Å². The van der Waals surface area contributed by atoms with Crippen LogP contribution in [0.5, 0.6) is 0 Å². The second kappa shape index (κ2) is 12.4. The van der Waals surface area contributed by atoms with E-state index in [4.69, 9.17) is 0 Å². The first-order valence-corrected chi connectivity index (χ1v) is 13.0. The smallest absolute Gasteiger partial charge is 0.247 e. The number of aromatic nitrogens is 3. The highest BCUT2D eigenvalue weighted by Crippen LogP contribution is 2.24. The van der Waals surface area contributed by atoms with Crippen LogP contribution in [0.25, 0.3) is 11.0 Å². The predicted molar refractivity (Wildman–Crippen MR) is 146 cm³/mol. The van der Waals surface area contributed by atoms with Crippen LogP contribution < -0.4 is 5.32 Å². The van der Waals surface area contributed by atoms with Gasteiger partial charge in [-0.05, 0) is 66.6 Å². The molecule has 0 aliphatic rings. The van der Waals surface area contributed by atoms with Gasteiger partial charge in [0.25, 0.3) is 0 Å². The lowest BCUT2D eigenvalue weighted by Crippen LogP contribution is -2.46. The molecule has 0 saturated carbocycles. The van der Waals surface area contributed by atoms with Gasteiger partial charge in [-0.15, -0.1) is 5.10 Å². The lowest BCUT2D eigenvalue weighted by Gasteiger charge is -2.32. The van der Waals surface area contributed by atoms with Gasteiger partial charge in [0.2, 0.25) is 11.8 Å². The average molecular weight is 516 g/mol. The number of nitrogens with zero attached hydrogens (tertiary/aromatic N) is 4. The molecule has 0 bridgehead atoms. The predicted octanol–water partition coefficient (Wildman–Crippen LogP) is 4.85. The first-order valence-electron chi connectivity index (χ1n) is 13.0. The van der Waals surface area contributed by atoms with E-state index >= 15 is 0 Å². The van der Waals surface area contributed by atoms with Gasteiger partial charge in [0.1, 0.15) is 23.9 Å².